The van der Waals surface area contributed by atoms with E-state index in [2.05, 4.69) is 41.1 Å². The molecule has 0 spiro atoms. The first-order chi connectivity index (χ1) is 9.31. The van der Waals surface area contributed by atoms with Gasteiger partial charge in [0.15, 0.2) is 5.75 Å². The summed E-state index contributed by atoms with van der Waals surface area (Å²) in [6.07, 6.45) is 2.90. The second-order valence-corrected chi connectivity index (χ2v) is 5.14. The number of thiophene rings is 1. The Labute approximate surface area is 118 Å². The molecule has 0 aliphatic heterocycles. The van der Waals surface area contributed by atoms with Gasteiger partial charge in [-0.3, -0.25) is 4.68 Å². The molecule has 1 unspecified atom stereocenters. The standard InChI is InChI=1S/C14H21N3OS/c1-4-7-15-13(11-6-8-19-10-11)14-12(18-3)9-16-17(14)5-2/h6,8-10,13,15H,4-5,7H2,1-3H3. The van der Waals surface area contributed by atoms with Crippen molar-refractivity contribution >= 4 is 11.3 Å². The van der Waals surface area contributed by atoms with Crippen molar-refractivity contribution in [3.05, 3.63) is 34.3 Å². The summed E-state index contributed by atoms with van der Waals surface area (Å²) in [5.41, 5.74) is 2.38. The van der Waals surface area contributed by atoms with Crippen LogP contribution in [0.3, 0.4) is 0 Å². The summed E-state index contributed by atoms with van der Waals surface area (Å²) in [6, 6.07) is 2.30. The number of hydrogen-bond acceptors (Lipinski definition) is 4. The van der Waals surface area contributed by atoms with E-state index in [-0.39, 0.29) is 6.04 Å². The first-order valence-corrected chi connectivity index (χ1v) is 7.61. The maximum atomic E-state index is 5.47. The maximum Gasteiger partial charge on any atom is 0.161 e. The van der Waals surface area contributed by atoms with Crippen molar-refractivity contribution in [2.24, 2.45) is 0 Å². The van der Waals surface area contributed by atoms with Crippen molar-refractivity contribution in [2.45, 2.75) is 32.9 Å². The van der Waals surface area contributed by atoms with Gasteiger partial charge in [0.1, 0.15) is 5.69 Å². The highest BCUT2D eigenvalue weighted by atomic mass is 32.1. The number of rotatable bonds is 7. The van der Waals surface area contributed by atoms with Gasteiger partial charge in [0, 0.05) is 6.54 Å². The third-order valence-corrected chi connectivity index (χ3v) is 3.81. The van der Waals surface area contributed by atoms with Crippen molar-refractivity contribution < 1.29 is 4.74 Å². The van der Waals surface area contributed by atoms with Gasteiger partial charge < -0.3 is 10.1 Å². The minimum Gasteiger partial charge on any atom is -0.493 e. The predicted molar refractivity (Wildman–Crippen MR) is 78.9 cm³/mol. The average molecular weight is 279 g/mol. The topological polar surface area (TPSA) is 39.1 Å². The Bertz CT molecular complexity index is 471. The molecule has 0 aliphatic rings. The minimum absolute atomic E-state index is 0.142. The Kier molecular flexibility index (Phi) is 4.99. The van der Waals surface area contributed by atoms with Crippen molar-refractivity contribution in [3.63, 3.8) is 0 Å². The molecule has 0 amide bonds. The molecule has 0 fully saturated rings. The number of hydrogen-bond donors (Lipinski definition) is 1. The Morgan fingerprint density at radius 2 is 2.32 bits per heavy atom. The van der Waals surface area contributed by atoms with Gasteiger partial charge >= 0.3 is 0 Å². The molecule has 0 aromatic carbocycles. The molecular weight excluding hydrogens is 258 g/mol. The van der Waals surface area contributed by atoms with Crippen LogP contribution in [0.25, 0.3) is 0 Å². The minimum atomic E-state index is 0.142. The van der Waals surface area contributed by atoms with Crippen LogP contribution >= 0.6 is 11.3 Å². The van der Waals surface area contributed by atoms with Gasteiger partial charge in [-0.25, -0.2) is 0 Å². The van der Waals surface area contributed by atoms with Crippen molar-refractivity contribution in [3.8, 4) is 5.75 Å². The zero-order valence-electron chi connectivity index (χ0n) is 11.7. The fraction of sp³-hybridized carbons (Fsp3) is 0.500. The van der Waals surface area contributed by atoms with Gasteiger partial charge in [0.2, 0.25) is 0 Å². The van der Waals surface area contributed by atoms with Crippen LogP contribution in [0.5, 0.6) is 5.75 Å². The van der Waals surface area contributed by atoms with E-state index < -0.39 is 0 Å². The molecule has 2 aromatic rings. The van der Waals surface area contributed by atoms with Gasteiger partial charge in [0.05, 0.1) is 19.3 Å². The fourth-order valence-electron chi connectivity index (χ4n) is 2.18. The van der Waals surface area contributed by atoms with Crippen LogP contribution in [0.4, 0.5) is 0 Å². The molecule has 5 heteroatoms. The zero-order valence-corrected chi connectivity index (χ0v) is 12.5. The van der Waals surface area contributed by atoms with Gasteiger partial charge in [-0.15, -0.1) is 0 Å². The van der Waals surface area contributed by atoms with E-state index in [9.17, 15) is 0 Å². The average Bonchev–Trinajstić information content (AvgIpc) is 3.08. The SMILES string of the molecule is CCCNC(c1ccsc1)c1c(OC)cnn1CC. The summed E-state index contributed by atoms with van der Waals surface area (Å²) < 4.78 is 7.47. The molecule has 104 valence electrons. The number of nitrogens with zero attached hydrogens (tertiary/aromatic N) is 2. The molecule has 0 bridgehead atoms. The second-order valence-electron chi connectivity index (χ2n) is 4.36. The van der Waals surface area contributed by atoms with Gasteiger partial charge in [-0.2, -0.15) is 16.4 Å². The Morgan fingerprint density at radius 3 is 2.89 bits per heavy atom. The largest absolute Gasteiger partial charge is 0.493 e. The summed E-state index contributed by atoms with van der Waals surface area (Å²) in [7, 11) is 1.70. The van der Waals surface area contributed by atoms with E-state index in [0.29, 0.717) is 0 Å². The number of methoxy groups -OCH3 is 1. The molecular formula is C14H21N3OS. The summed E-state index contributed by atoms with van der Waals surface area (Å²) in [5.74, 6) is 0.849. The van der Waals surface area contributed by atoms with Crippen LogP contribution < -0.4 is 10.1 Å². The lowest BCUT2D eigenvalue weighted by atomic mass is 10.1. The molecule has 1 atom stereocenters. The summed E-state index contributed by atoms with van der Waals surface area (Å²) >= 11 is 1.72. The van der Waals surface area contributed by atoms with Gasteiger partial charge in [-0.05, 0) is 42.3 Å². The Balaban J connectivity index is 2.39. The molecule has 2 heterocycles. The molecule has 2 rings (SSSR count). The third-order valence-electron chi connectivity index (χ3n) is 3.11. The summed E-state index contributed by atoms with van der Waals surface area (Å²) in [6.45, 7) is 6.08. The Morgan fingerprint density at radius 1 is 1.47 bits per heavy atom. The van der Waals surface area contributed by atoms with E-state index in [1.807, 2.05) is 4.68 Å². The van der Waals surface area contributed by atoms with Crippen LogP contribution in [0.15, 0.2) is 23.0 Å². The number of aryl methyl sites for hydroxylation is 1. The van der Waals surface area contributed by atoms with Crippen LogP contribution in [0.2, 0.25) is 0 Å². The van der Waals surface area contributed by atoms with Crippen LogP contribution in [0.1, 0.15) is 37.6 Å². The van der Waals surface area contributed by atoms with Crippen LogP contribution in [0, 0.1) is 0 Å². The third kappa shape index (κ3) is 2.98. The molecule has 0 radical (unpaired) electrons. The fourth-order valence-corrected chi connectivity index (χ4v) is 2.86. The van der Waals surface area contributed by atoms with Crippen molar-refractivity contribution in [1.82, 2.24) is 15.1 Å². The zero-order chi connectivity index (χ0) is 13.7. The van der Waals surface area contributed by atoms with E-state index in [0.717, 1.165) is 31.0 Å². The van der Waals surface area contributed by atoms with E-state index in [1.165, 1.54) is 5.56 Å². The normalized spacial score (nSPS) is 12.6. The van der Waals surface area contributed by atoms with E-state index in [1.54, 1.807) is 24.6 Å². The maximum absolute atomic E-state index is 5.47. The van der Waals surface area contributed by atoms with Gasteiger partial charge in [-0.1, -0.05) is 6.92 Å². The highest BCUT2D eigenvalue weighted by Crippen LogP contribution is 2.31. The molecule has 2 aromatic heterocycles. The summed E-state index contributed by atoms with van der Waals surface area (Å²) in [5, 5.41) is 12.3. The lowest BCUT2D eigenvalue weighted by Gasteiger charge is -2.20. The molecule has 0 aliphatic carbocycles. The molecule has 0 saturated heterocycles. The van der Waals surface area contributed by atoms with Crippen LogP contribution in [-0.4, -0.2) is 23.4 Å². The van der Waals surface area contributed by atoms with Crippen LogP contribution in [-0.2, 0) is 6.54 Å². The monoisotopic (exact) mass is 279 g/mol. The van der Waals surface area contributed by atoms with E-state index in [4.69, 9.17) is 4.74 Å². The molecule has 1 N–H and O–H groups in total. The smallest absolute Gasteiger partial charge is 0.161 e. The van der Waals surface area contributed by atoms with Crippen molar-refractivity contribution in [2.75, 3.05) is 13.7 Å². The number of aromatic nitrogens is 2. The highest BCUT2D eigenvalue weighted by molar-refractivity contribution is 7.08. The lowest BCUT2D eigenvalue weighted by molar-refractivity contribution is 0.399. The Hall–Kier alpha value is -1.33. The first kappa shape index (κ1) is 14.1. The van der Waals surface area contributed by atoms with E-state index >= 15 is 0 Å². The number of ether oxygens (including phenoxy) is 1. The quantitative estimate of drug-likeness (QED) is 0.846. The molecule has 4 nitrogen and oxygen atoms in total. The number of nitrogens with one attached hydrogen (secondary N) is 1. The molecule has 0 saturated carbocycles. The first-order valence-electron chi connectivity index (χ1n) is 6.66. The molecule has 19 heavy (non-hydrogen) atoms. The summed E-state index contributed by atoms with van der Waals surface area (Å²) in [4.78, 5) is 0. The second kappa shape index (κ2) is 6.73. The predicted octanol–water partition coefficient (Wildman–Crippen LogP) is 3.06. The van der Waals surface area contributed by atoms with Crippen molar-refractivity contribution in [1.29, 1.82) is 0 Å². The highest BCUT2D eigenvalue weighted by Gasteiger charge is 2.22. The van der Waals surface area contributed by atoms with Gasteiger partial charge in [0.25, 0.3) is 0 Å². The lowest BCUT2D eigenvalue weighted by Crippen LogP contribution is -2.25.